The first-order valence-corrected chi connectivity index (χ1v) is 15.9. The summed E-state index contributed by atoms with van der Waals surface area (Å²) >= 11 is 4.91. The molecular weight excluding hydrogens is 545 g/mol. The molecule has 2 atom stereocenters. The van der Waals surface area contributed by atoms with E-state index in [9.17, 15) is 9.32 Å². The molecule has 0 aromatic heterocycles. The van der Waals surface area contributed by atoms with E-state index in [-0.39, 0.29) is 22.0 Å². The summed E-state index contributed by atoms with van der Waals surface area (Å²) in [5.74, 6) is 3.98. The van der Waals surface area contributed by atoms with Crippen LogP contribution < -0.4 is 0 Å². The molecule has 3 nitrogen and oxygen atoms in total. The Hall–Kier alpha value is -2.99. The molecule has 0 saturated heterocycles. The summed E-state index contributed by atoms with van der Waals surface area (Å²) in [5, 5.41) is 17.3. The zero-order valence-electron chi connectivity index (χ0n) is 25.7. The van der Waals surface area contributed by atoms with Gasteiger partial charge in [-0.25, -0.2) is 0 Å². The molecular formula is C36H46O3S2. The standard InChI is InChI=1S/C19H24S.C14H14O2S.C3H8O/c1-14-6-8-16(9-7-14)19(5,20)17-12-10-15(11-13-17)18(2,3)4;1-11-3-7-13(8-4-11)17(2,16)14-9-5-12(15)6-10-14;1-3(2)4/h6-13,20H,1-5H3;3-10,15H,2H2,1H3;3-4H,1-2H3. The van der Waals surface area contributed by atoms with Crippen LogP contribution in [0.15, 0.2) is 107 Å². The lowest BCUT2D eigenvalue weighted by atomic mass is 9.84. The molecule has 0 bridgehead atoms. The van der Waals surface area contributed by atoms with Gasteiger partial charge >= 0.3 is 0 Å². The summed E-state index contributed by atoms with van der Waals surface area (Å²) in [6.07, 6.45) is -0.167. The molecule has 0 fully saturated rings. The minimum Gasteiger partial charge on any atom is -0.508 e. The predicted octanol–water partition coefficient (Wildman–Crippen LogP) is 8.71. The minimum absolute atomic E-state index is 0.160. The maximum atomic E-state index is 12.6. The summed E-state index contributed by atoms with van der Waals surface area (Å²) < 4.78 is 12.4. The van der Waals surface area contributed by atoms with Gasteiger partial charge in [-0.1, -0.05) is 92.6 Å². The Morgan fingerprint density at radius 1 is 0.659 bits per heavy atom. The monoisotopic (exact) mass is 590 g/mol. The lowest BCUT2D eigenvalue weighted by Crippen LogP contribution is -2.17. The average molecular weight is 591 g/mol. The SMILES string of the molecule is C=S(=O)(c1ccc(C)cc1)c1ccc(O)cc1.CC(C)O.Cc1ccc(C(C)(S)c2ccc(C(C)(C)C)cc2)cc1. The topological polar surface area (TPSA) is 57.5 Å². The third-order valence-corrected chi connectivity index (χ3v) is 9.13. The highest BCUT2D eigenvalue weighted by atomic mass is 32.2. The molecule has 41 heavy (non-hydrogen) atoms. The molecule has 220 valence electrons. The number of benzene rings is 4. The minimum atomic E-state index is -2.48. The number of phenols is 1. The smallest absolute Gasteiger partial charge is 0.115 e. The number of thiol groups is 1. The van der Waals surface area contributed by atoms with Crippen LogP contribution >= 0.6 is 12.6 Å². The van der Waals surface area contributed by atoms with Crippen LogP contribution in [-0.4, -0.2) is 26.4 Å². The highest BCUT2D eigenvalue weighted by molar-refractivity contribution is 8.00. The maximum absolute atomic E-state index is 12.6. The van der Waals surface area contributed by atoms with E-state index in [2.05, 4.69) is 89.0 Å². The molecule has 4 aromatic carbocycles. The van der Waals surface area contributed by atoms with Gasteiger partial charge in [0.1, 0.15) is 5.75 Å². The Bertz CT molecular complexity index is 1410. The van der Waals surface area contributed by atoms with Gasteiger partial charge in [0.15, 0.2) is 0 Å². The van der Waals surface area contributed by atoms with Crippen molar-refractivity contribution in [3.05, 3.63) is 125 Å². The Labute approximate surface area is 253 Å². The number of rotatable bonds is 4. The van der Waals surface area contributed by atoms with Gasteiger partial charge in [-0.2, -0.15) is 12.6 Å². The Balaban J connectivity index is 0.000000256. The summed E-state index contributed by atoms with van der Waals surface area (Å²) in [4.78, 5) is 1.33. The van der Waals surface area contributed by atoms with E-state index >= 15 is 0 Å². The van der Waals surface area contributed by atoms with Gasteiger partial charge in [0.05, 0.1) is 4.75 Å². The molecule has 0 amide bonds. The van der Waals surface area contributed by atoms with Crippen molar-refractivity contribution in [3.63, 3.8) is 0 Å². The van der Waals surface area contributed by atoms with E-state index in [0.717, 1.165) is 5.56 Å². The Kier molecular flexibility index (Phi) is 11.9. The third-order valence-electron chi connectivity index (χ3n) is 6.55. The molecule has 0 aliphatic rings. The van der Waals surface area contributed by atoms with E-state index in [1.54, 1.807) is 26.0 Å². The van der Waals surface area contributed by atoms with Crippen LogP contribution in [0.1, 0.15) is 69.4 Å². The molecule has 0 heterocycles. The number of hydrogen-bond acceptors (Lipinski definition) is 4. The fraction of sp³-hybridized carbons (Fsp3) is 0.306. The molecule has 2 unspecified atom stereocenters. The highest BCUT2D eigenvalue weighted by Crippen LogP contribution is 2.36. The third kappa shape index (κ3) is 10.1. The second-order valence-electron chi connectivity index (χ2n) is 11.8. The summed E-state index contributed by atoms with van der Waals surface area (Å²) in [7, 11) is -2.48. The maximum Gasteiger partial charge on any atom is 0.115 e. The number of hydrogen-bond donors (Lipinski definition) is 3. The average Bonchev–Trinajstić information content (AvgIpc) is 2.89. The van der Waals surface area contributed by atoms with Gasteiger partial charge < -0.3 is 10.2 Å². The van der Waals surface area contributed by atoms with Crippen molar-refractivity contribution in [1.82, 2.24) is 0 Å². The van der Waals surface area contributed by atoms with Gasteiger partial charge in [0, 0.05) is 25.4 Å². The summed E-state index contributed by atoms with van der Waals surface area (Å²) in [6.45, 7) is 16.4. The van der Waals surface area contributed by atoms with Crippen molar-refractivity contribution in [2.45, 2.75) is 81.4 Å². The number of aromatic hydroxyl groups is 1. The first-order valence-electron chi connectivity index (χ1n) is 13.8. The summed E-state index contributed by atoms with van der Waals surface area (Å²) in [5.41, 5.74) is 6.41. The predicted molar refractivity (Wildman–Crippen MR) is 180 cm³/mol. The molecule has 0 aliphatic carbocycles. The largest absolute Gasteiger partial charge is 0.508 e. The van der Waals surface area contributed by atoms with Crippen LogP contribution in [0.4, 0.5) is 0 Å². The molecule has 2 N–H and O–H groups in total. The second-order valence-corrected chi connectivity index (χ2v) is 15.0. The van der Waals surface area contributed by atoms with E-state index in [1.165, 1.54) is 34.4 Å². The van der Waals surface area contributed by atoms with Crippen LogP contribution in [0.3, 0.4) is 0 Å². The molecule has 0 aliphatic heterocycles. The van der Waals surface area contributed by atoms with Crippen molar-refractivity contribution in [2.75, 3.05) is 0 Å². The van der Waals surface area contributed by atoms with Gasteiger partial charge in [0.2, 0.25) is 0 Å². The van der Waals surface area contributed by atoms with E-state index in [0.29, 0.717) is 9.79 Å². The van der Waals surface area contributed by atoms with E-state index in [4.69, 9.17) is 17.7 Å². The van der Waals surface area contributed by atoms with Gasteiger partial charge in [-0.05, 0) is 99.0 Å². The van der Waals surface area contributed by atoms with Crippen LogP contribution in [0, 0.1) is 13.8 Å². The zero-order chi connectivity index (χ0) is 31.0. The normalized spacial score (nSPS) is 14.0. The molecule has 0 saturated carbocycles. The lowest BCUT2D eigenvalue weighted by molar-refractivity contribution is 0.216. The quantitative estimate of drug-likeness (QED) is 0.165. The highest BCUT2D eigenvalue weighted by Gasteiger charge is 2.25. The molecule has 5 heteroatoms. The summed E-state index contributed by atoms with van der Waals surface area (Å²) in [6, 6.07) is 31.3. The van der Waals surface area contributed by atoms with Crippen molar-refractivity contribution in [3.8, 4) is 5.75 Å². The van der Waals surface area contributed by atoms with Crippen molar-refractivity contribution < 1.29 is 14.4 Å². The first-order chi connectivity index (χ1) is 18.9. The van der Waals surface area contributed by atoms with Crippen LogP contribution in [-0.2, 0) is 19.7 Å². The van der Waals surface area contributed by atoms with Crippen LogP contribution in [0.2, 0.25) is 0 Å². The fourth-order valence-corrected chi connectivity index (χ4v) is 5.62. The number of aryl methyl sites for hydroxylation is 2. The fourth-order valence-electron chi connectivity index (χ4n) is 3.90. The molecule has 4 rings (SSSR count). The molecule has 0 spiro atoms. The lowest BCUT2D eigenvalue weighted by Gasteiger charge is -2.27. The number of phenolic OH excluding ortho intramolecular Hbond substituents is 1. The van der Waals surface area contributed by atoms with Crippen molar-refractivity contribution in [1.29, 1.82) is 0 Å². The number of aliphatic hydroxyl groups excluding tert-OH is 1. The van der Waals surface area contributed by atoms with Gasteiger partial charge in [-0.15, -0.1) is 0 Å². The van der Waals surface area contributed by atoms with Crippen molar-refractivity contribution in [2.24, 2.45) is 0 Å². The molecule has 4 aromatic rings. The molecule has 0 radical (unpaired) electrons. The van der Waals surface area contributed by atoms with Crippen molar-refractivity contribution >= 4 is 28.0 Å². The zero-order valence-corrected chi connectivity index (χ0v) is 27.4. The second kappa shape index (κ2) is 14.3. The van der Waals surface area contributed by atoms with E-state index in [1.807, 2.05) is 31.2 Å². The van der Waals surface area contributed by atoms with Crippen LogP contribution in [0.5, 0.6) is 5.75 Å². The Morgan fingerprint density at radius 3 is 1.32 bits per heavy atom. The number of aliphatic hydroxyl groups is 1. The Morgan fingerprint density at radius 2 is 0.951 bits per heavy atom. The van der Waals surface area contributed by atoms with Crippen LogP contribution in [0.25, 0.3) is 0 Å². The van der Waals surface area contributed by atoms with Gasteiger partial charge in [0.25, 0.3) is 0 Å². The first kappa shape index (κ1) is 34.2. The van der Waals surface area contributed by atoms with Gasteiger partial charge in [-0.3, -0.25) is 4.21 Å². The van der Waals surface area contributed by atoms with E-state index < -0.39 is 9.52 Å².